The summed E-state index contributed by atoms with van der Waals surface area (Å²) >= 11 is 0. The lowest BCUT2D eigenvalue weighted by molar-refractivity contribution is -0.132. The molecule has 1 N–H and O–H groups in total. The lowest BCUT2D eigenvalue weighted by atomic mass is 10.0. The number of aromatic nitrogens is 2. The summed E-state index contributed by atoms with van der Waals surface area (Å²) in [5.41, 5.74) is 4.82. The highest BCUT2D eigenvalue weighted by Crippen LogP contribution is 2.31. The Morgan fingerprint density at radius 3 is 3.10 bits per heavy atom. The fourth-order valence-corrected chi connectivity index (χ4v) is 4.40. The molecule has 0 aliphatic carbocycles. The molecule has 6 nitrogen and oxygen atoms in total. The third-order valence-electron chi connectivity index (χ3n) is 6.08. The highest BCUT2D eigenvalue weighted by atomic mass is 16.5. The molecule has 0 unspecified atom stereocenters. The van der Waals surface area contributed by atoms with Gasteiger partial charge in [0.05, 0.1) is 13.2 Å². The largest absolute Gasteiger partial charge is 0.497 e. The molecule has 0 spiro atoms. The van der Waals surface area contributed by atoms with Crippen molar-refractivity contribution in [3.05, 3.63) is 52.6 Å². The number of amides is 1. The quantitative estimate of drug-likeness (QED) is 0.815. The van der Waals surface area contributed by atoms with Gasteiger partial charge in [0.1, 0.15) is 5.75 Å². The van der Waals surface area contributed by atoms with Crippen molar-refractivity contribution < 1.29 is 9.53 Å². The Balaban J connectivity index is 1.37. The van der Waals surface area contributed by atoms with Crippen LogP contribution in [0.4, 0.5) is 0 Å². The van der Waals surface area contributed by atoms with Gasteiger partial charge in [0, 0.05) is 49.9 Å². The molecule has 4 rings (SSSR count). The first-order valence-electron chi connectivity index (χ1n) is 10.6. The van der Waals surface area contributed by atoms with Crippen LogP contribution in [0.2, 0.25) is 0 Å². The molecule has 3 heterocycles. The minimum absolute atomic E-state index is 0.0328. The fraction of sp³-hybridized carbons (Fsp3) is 0.522. The van der Waals surface area contributed by atoms with Crippen molar-refractivity contribution in [2.75, 3.05) is 20.2 Å². The molecule has 6 heteroatoms. The number of hydrogen-bond donors (Lipinski definition) is 1. The highest BCUT2D eigenvalue weighted by Gasteiger charge is 2.32. The lowest BCUT2D eigenvalue weighted by Gasteiger charge is -2.25. The van der Waals surface area contributed by atoms with E-state index in [4.69, 9.17) is 9.72 Å². The first kappa shape index (κ1) is 19.8. The van der Waals surface area contributed by atoms with Gasteiger partial charge in [-0.05, 0) is 55.9 Å². The van der Waals surface area contributed by atoms with Crippen LogP contribution >= 0.6 is 0 Å². The summed E-state index contributed by atoms with van der Waals surface area (Å²) < 4.78 is 5.27. The van der Waals surface area contributed by atoms with E-state index in [0.29, 0.717) is 6.42 Å². The zero-order valence-corrected chi connectivity index (χ0v) is 17.4. The minimum atomic E-state index is 0.0328. The second-order valence-electron chi connectivity index (χ2n) is 8.02. The predicted molar refractivity (Wildman–Crippen MR) is 112 cm³/mol. The summed E-state index contributed by atoms with van der Waals surface area (Å²) in [5.74, 6) is 1.92. The second kappa shape index (κ2) is 8.91. The molecule has 1 saturated heterocycles. The summed E-state index contributed by atoms with van der Waals surface area (Å²) in [4.78, 5) is 24.4. The van der Waals surface area contributed by atoms with E-state index in [2.05, 4.69) is 29.4 Å². The van der Waals surface area contributed by atoms with Gasteiger partial charge in [-0.1, -0.05) is 6.07 Å². The molecule has 2 aliphatic rings. The van der Waals surface area contributed by atoms with Crippen molar-refractivity contribution in [2.45, 2.75) is 58.0 Å². The van der Waals surface area contributed by atoms with Gasteiger partial charge in [-0.15, -0.1) is 0 Å². The van der Waals surface area contributed by atoms with Gasteiger partial charge in [0.25, 0.3) is 0 Å². The number of hydrogen-bond acceptors (Lipinski definition) is 5. The number of carbonyl (C=O) groups is 1. The third kappa shape index (κ3) is 4.42. The average molecular weight is 395 g/mol. The molecule has 1 amide bonds. The number of methoxy groups -OCH3 is 1. The molecular weight excluding hydrogens is 364 g/mol. The van der Waals surface area contributed by atoms with Crippen LogP contribution in [0, 0.1) is 6.92 Å². The smallest absolute Gasteiger partial charge is 0.223 e. The number of carbonyl (C=O) groups excluding carboxylic acids is 1. The van der Waals surface area contributed by atoms with E-state index < -0.39 is 0 Å². The Morgan fingerprint density at radius 2 is 2.28 bits per heavy atom. The Bertz CT molecular complexity index is 883. The van der Waals surface area contributed by atoms with Gasteiger partial charge >= 0.3 is 0 Å². The normalized spacial score (nSPS) is 18.6. The lowest BCUT2D eigenvalue weighted by Crippen LogP contribution is -2.32. The number of benzene rings is 1. The van der Waals surface area contributed by atoms with Gasteiger partial charge in [0.15, 0.2) is 5.82 Å². The molecule has 0 saturated carbocycles. The van der Waals surface area contributed by atoms with Crippen LogP contribution < -0.4 is 10.1 Å². The van der Waals surface area contributed by atoms with Crippen LogP contribution in [0.1, 0.15) is 59.9 Å². The van der Waals surface area contributed by atoms with Gasteiger partial charge in [-0.3, -0.25) is 4.79 Å². The summed E-state index contributed by atoms with van der Waals surface area (Å²) in [6, 6.07) is 6.18. The number of nitrogens with one attached hydrogen (secondary N) is 1. The van der Waals surface area contributed by atoms with Crippen LogP contribution in [0.5, 0.6) is 5.75 Å². The van der Waals surface area contributed by atoms with Crippen molar-refractivity contribution in [2.24, 2.45) is 0 Å². The van der Waals surface area contributed by atoms with E-state index in [1.807, 2.05) is 17.2 Å². The number of aryl methyl sites for hydroxylation is 2. The molecule has 1 fully saturated rings. The van der Waals surface area contributed by atoms with E-state index in [1.54, 1.807) is 7.11 Å². The van der Waals surface area contributed by atoms with E-state index >= 15 is 0 Å². The first-order valence-corrected chi connectivity index (χ1v) is 10.6. The molecule has 1 aromatic heterocycles. The molecule has 2 aromatic rings. The molecule has 1 aromatic carbocycles. The maximum atomic E-state index is 12.9. The number of rotatable bonds is 6. The maximum absolute atomic E-state index is 12.9. The van der Waals surface area contributed by atoms with Gasteiger partial charge < -0.3 is 15.0 Å². The molecular formula is C23H30N4O2. The van der Waals surface area contributed by atoms with Crippen LogP contribution in [-0.4, -0.2) is 41.0 Å². The van der Waals surface area contributed by atoms with E-state index in [-0.39, 0.29) is 11.9 Å². The third-order valence-corrected chi connectivity index (χ3v) is 6.08. The van der Waals surface area contributed by atoms with Crippen LogP contribution in [-0.2, 0) is 24.2 Å². The number of nitrogens with zero attached hydrogens (tertiary/aromatic N) is 3. The van der Waals surface area contributed by atoms with Crippen molar-refractivity contribution in [3.8, 4) is 5.75 Å². The monoisotopic (exact) mass is 394 g/mol. The molecule has 0 bridgehead atoms. The Hall–Kier alpha value is -2.47. The topological polar surface area (TPSA) is 67.3 Å². The van der Waals surface area contributed by atoms with Crippen molar-refractivity contribution >= 4 is 5.91 Å². The van der Waals surface area contributed by atoms with Gasteiger partial charge in [0.2, 0.25) is 5.91 Å². The number of fused-ring (bicyclic) bond motifs is 1. The van der Waals surface area contributed by atoms with Gasteiger partial charge in [-0.2, -0.15) is 0 Å². The van der Waals surface area contributed by atoms with Crippen molar-refractivity contribution in [1.29, 1.82) is 0 Å². The number of ether oxygens (including phenoxy) is 1. The number of likely N-dealkylation sites (tertiary alicyclic amines) is 1. The van der Waals surface area contributed by atoms with E-state index in [0.717, 1.165) is 69.0 Å². The van der Waals surface area contributed by atoms with E-state index in [1.165, 1.54) is 16.7 Å². The zero-order valence-electron chi connectivity index (χ0n) is 17.4. The molecule has 29 heavy (non-hydrogen) atoms. The zero-order chi connectivity index (χ0) is 20.2. The standard InChI is InChI=1S/C23H30N4O2/c1-16-13-19(29-2)9-8-17(16)5-3-7-22(28)27-12-4-6-21(27)23-25-15-18-14-24-11-10-20(18)26-23/h8-9,13,15,21,24H,3-7,10-12,14H2,1-2H3/t21-/m1/s1. The fourth-order valence-electron chi connectivity index (χ4n) is 4.40. The van der Waals surface area contributed by atoms with Crippen LogP contribution in [0.15, 0.2) is 24.4 Å². The molecule has 2 aliphatic heterocycles. The van der Waals surface area contributed by atoms with Crippen LogP contribution in [0.3, 0.4) is 0 Å². The van der Waals surface area contributed by atoms with Gasteiger partial charge in [-0.25, -0.2) is 9.97 Å². The molecule has 154 valence electrons. The average Bonchev–Trinajstić information content (AvgIpc) is 3.24. The predicted octanol–water partition coefficient (Wildman–Crippen LogP) is 3.13. The first-order chi connectivity index (χ1) is 14.2. The summed E-state index contributed by atoms with van der Waals surface area (Å²) in [6.45, 7) is 4.71. The highest BCUT2D eigenvalue weighted by molar-refractivity contribution is 5.77. The second-order valence-corrected chi connectivity index (χ2v) is 8.02. The Labute approximate surface area is 172 Å². The Kier molecular flexibility index (Phi) is 6.09. The van der Waals surface area contributed by atoms with Crippen molar-refractivity contribution in [3.63, 3.8) is 0 Å². The maximum Gasteiger partial charge on any atom is 0.223 e. The summed E-state index contributed by atoms with van der Waals surface area (Å²) in [5, 5.41) is 3.35. The summed E-state index contributed by atoms with van der Waals surface area (Å²) in [7, 11) is 1.68. The SMILES string of the molecule is COc1ccc(CCCC(=O)N2CCC[C@@H]2c2ncc3c(n2)CCNC3)c(C)c1. The molecule has 0 radical (unpaired) electrons. The minimum Gasteiger partial charge on any atom is -0.497 e. The van der Waals surface area contributed by atoms with Crippen LogP contribution in [0.25, 0.3) is 0 Å². The van der Waals surface area contributed by atoms with E-state index in [9.17, 15) is 4.79 Å². The molecule has 1 atom stereocenters. The van der Waals surface area contributed by atoms with Crippen molar-refractivity contribution in [1.82, 2.24) is 20.2 Å². The summed E-state index contributed by atoms with van der Waals surface area (Å²) in [6.07, 6.45) is 7.19. The Morgan fingerprint density at radius 1 is 1.38 bits per heavy atom.